The Kier molecular flexibility index (Phi) is 8.76. The highest BCUT2D eigenvalue weighted by molar-refractivity contribution is 7.89. The fourth-order valence-electron chi connectivity index (χ4n) is 3.19. The number of ether oxygens (including phenoxy) is 1. The van der Waals surface area contributed by atoms with E-state index in [9.17, 15) is 23.1 Å². The number of aliphatic hydroxyl groups excluding tert-OH is 1. The third-order valence-corrected chi connectivity index (χ3v) is 6.76. The van der Waals surface area contributed by atoms with Crippen LogP contribution in [0.5, 0.6) is 0 Å². The van der Waals surface area contributed by atoms with E-state index in [2.05, 4.69) is 5.32 Å². The molecule has 2 amide bonds. The standard InChI is InChI=1S/C22H29N3O6S/c1-15(2)25(32(29,30)19-11-9-18(10-12-19)24-16(3)26)14-20(27)21(31-22(23)28)13-17-7-5-4-6-8-17/h4-12,15,20-21,27H,13-14H2,1-3H3,(H2,23,28)(H,24,26)/t20-,21+/m1/s1. The number of nitrogens with zero attached hydrogens (tertiary/aromatic N) is 1. The van der Waals surface area contributed by atoms with E-state index in [-0.39, 0.29) is 23.8 Å². The van der Waals surface area contributed by atoms with Crippen LogP contribution in [0.1, 0.15) is 26.3 Å². The summed E-state index contributed by atoms with van der Waals surface area (Å²) in [6.45, 7) is 4.40. The largest absolute Gasteiger partial charge is 0.443 e. The Morgan fingerprint density at radius 1 is 1.09 bits per heavy atom. The first-order chi connectivity index (χ1) is 15.0. The van der Waals surface area contributed by atoms with Crippen LogP contribution < -0.4 is 11.1 Å². The first kappa shape index (κ1) is 25.3. The van der Waals surface area contributed by atoms with Gasteiger partial charge in [-0.15, -0.1) is 0 Å². The van der Waals surface area contributed by atoms with Crippen LogP contribution in [0.25, 0.3) is 0 Å². The molecule has 2 rings (SSSR count). The van der Waals surface area contributed by atoms with Crippen molar-refractivity contribution in [1.29, 1.82) is 0 Å². The lowest BCUT2D eigenvalue weighted by molar-refractivity contribution is -0.114. The molecule has 0 bridgehead atoms. The summed E-state index contributed by atoms with van der Waals surface area (Å²) in [5.74, 6) is -0.272. The third-order valence-electron chi connectivity index (χ3n) is 4.70. The molecule has 0 saturated carbocycles. The zero-order valence-electron chi connectivity index (χ0n) is 18.3. The van der Waals surface area contributed by atoms with Gasteiger partial charge in [-0.2, -0.15) is 4.31 Å². The molecule has 0 saturated heterocycles. The molecule has 0 unspecified atom stereocenters. The Labute approximate surface area is 188 Å². The second-order valence-electron chi connectivity index (χ2n) is 7.61. The van der Waals surface area contributed by atoms with Gasteiger partial charge in [0.1, 0.15) is 12.2 Å². The van der Waals surface area contributed by atoms with Crippen molar-refractivity contribution in [3.8, 4) is 0 Å². The van der Waals surface area contributed by atoms with Crippen LogP contribution in [-0.4, -0.2) is 54.6 Å². The predicted octanol–water partition coefficient (Wildman–Crippen LogP) is 2.11. The zero-order valence-corrected chi connectivity index (χ0v) is 19.1. The average molecular weight is 464 g/mol. The maximum atomic E-state index is 13.2. The van der Waals surface area contributed by atoms with Crippen molar-refractivity contribution in [3.63, 3.8) is 0 Å². The van der Waals surface area contributed by atoms with Crippen molar-refractivity contribution in [2.75, 3.05) is 11.9 Å². The van der Waals surface area contributed by atoms with Crippen molar-refractivity contribution in [2.45, 2.75) is 50.3 Å². The monoisotopic (exact) mass is 463 g/mol. The van der Waals surface area contributed by atoms with Crippen LogP contribution in [-0.2, 0) is 26.0 Å². The number of rotatable bonds is 10. The molecule has 0 aliphatic heterocycles. The van der Waals surface area contributed by atoms with Gasteiger partial charge in [0.25, 0.3) is 0 Å². The molecule has 32 heavy (non-hydrogen) atoms. The maximum absolute atomic E-state index is 13.2. The number of hydrogen-bond acceptors (Lipinski definition) is 6. The van der Waals surface area contributed by atoms with Crippen LogP contribution in [0.15, 0.2) is 59.5 Å². The molecule has 0 aliphatic carbocycles. The van der Waals surface area contributed by atoms with E-state index in [0.717, 1.165) is 9.87 Å². The molecule has 10 heteroatoms. The minimum absolute atomic E-state index is 0.00271. The van der Waals surface area contributed by atoms with Gasteiger partial charge < -0.3 is 20.9 Å². The third kappa shape index (κ3) is 7.04. The summed E-state index contributed by atoms with van der Waals surface area (Å²) >= 11 is 0. The normalized spacial score (nSPS) is 13.6. The van der Waals surface area contributed by atoms with Gasteiger partial charge in [0.2, 0.25) is 15.9 Å². The number of sulfonamides is 1. The Balaban J connectivity index is 2.25. The van der Waals surface area contributed by atoms with Gasteiger partial charge in [-0.3, -0.25) is 4.79 Å². The second kappa shape index (κ2) is 11.1. The number of anilines is 1. The number of nitrogens with one attached hydrogen (secondary N) is 1. The van der Waals surface area contributed by atoms with Crippen molar-refractivity contribution in [2.24, 2.45) is 5.73 Å². The Morgan fingerprint density at radius 3 is 2.19 bits per heavy atom. The molecule has 0 spiro atoms. The first-order valence-corrected chi connectivity index (χ1v) is 11.5. The predicted molar refractivity (Wildman–Crippen MR) is 120 cm³/mol. The second-order valence-corrected chi connectivity index (χ2v) is 9.50. The summed E-state index contributed by atoms with van der Waals surface area (Å²) in [6.07, 6.45) is -3.24. The molecular weight excluding hydrogens is 434 g/mol. The lowest BCUT2D eigenvalue weighted by Crippen LogP contribution is -2.47. The number of carbonyl (C=O) groups excluding carboxylic acids is 2. The molecule has 2 atom stereocenters. The van der Waals surface area contributed by atoms with Crippen molar-refractivity contribution in [1.82, 2.24) is 4.31 Å². The molecule has 0 radical (unpaired) electrons. The molecule has 2 aromatic rings. The summed E-state index contributed by atoms with van der Waals surface area (Å²) in [5.41, 5.74) is 6.43. The number of benzene rings is 2. The van der Waals surface area contributed by atoms with Crippen LogP contribution in [0.3, 0.4) is 0 Å². The highest BCUT2D eigenvalue weighted by Crippen LogP contribution is 2.22. The average Bonchev–Trinajstić information content (AvgIpc) is 2.71. The molecule has 0 aliphatic rings. The number of primary amides is 1. The van der Waals surface area contributed by atoms with Gasteiger partial charge >= 0.3 is 6.09 Å². The smallest absolute Gasteiger partial charge is 0.404 e. The van der Waals surface area contributed by atoms with E-state index >= 15 is 0 Å². The molecule has 0 fully saturated rings. The van der Waals surface area contributed by atoms with Gasteiger partial charge in [0.15, 0.2) is 0 Å². The SMILES string of the molecule is CC(=O)Nc1ccc(S(=O)(=O)N(C[C@@H](O)[C@H](Cc2ccccc2)OC(N)=O)C(C)C)cc1. The van der Waals surface area contributed by atoms with Gasteiger partial charge in [-0.05, 0) is 43.7 Å². The maximum Gasteiger partial charge on any atom is 0.404 e. The van der Waals surface area contributed by atoms with E-state index < -0.39 is 34.4 Å². The Morgan fingerprint density at radius 2 is 1.69 bits per heavy atom. The summed E-state index contributed by atoms with van der Waals surface area (Å²) in [5, 5.41) is 13.4. The summed E-state index contributed by atoms with van der Waals surface area (Å²) in [4.78, 5) is 22.6. The van der Waals surface area contributed by atoms with Crippen LogP contribution >= 0.6 is 0 Å². The van der Waals surface area contributed by atoms with Gasteiger partial charge in [0, 0.05) is 31.6 Å². The number of nitrogens with two attached hydrogens (primary N) is 1. The van der Waals surface area contributed by atoms with E-state index in [0.29, 0.717) is 5.69 Å². The molecule has 9 nitrogen and oxygen atoms in total. The highest BCUT2D eigenvalue weighted by atomic mass is 32.2. The van der Waals surface area contributed by atoms with Crippen molar-refractivity contribution >= 4 is 27.7 Å². The molecule has 2 aromatic carbocycles. The highest BCUT2D eigenvalue weighted by Gasteiger charge is 2.33. The fraction of sp³-hybridized carbons (Fsp3) is 0.364. The fourth-order valence-corrected chi connectivity index (χ4v) is 4.84. The van der Waals surface area contributed by atoms with E-state index in [1.165, 1.54) is 31.2 Å². The topological polar surface area (TPSA) is 139 Å². The summed E-state index contributed by atoms with van der Waals surface area (Å²) in [7, 11) is -3.99. The summed E-state index contributed by atoms with van der Waals surface area (Å²) < 4.78 is 32.7. The molecular formula is C22H29N3O6S. The lowest BCUT2D eigenvalue weighted by Gasteiger charge is -2.31. The quantitative estimate of drug-likeness (QED) is 0.493. The number of carbonyl (C=O) groups is 2. The molecule has 174 valence electrons. The van der Waals surface area contributed by atoms with Gasteiger partial charge in [0.05, 0.1) is 4.90 Å². The van der Waals surface area contributed by atoms with Crippen molar-refractivity contribution < 1.29 is 27.9 Å². The Hall–Kier alpha value is -2.95. The van der Waals surface area contributed by atoms with Crippen LogP contribution in [0.2, 0.25) is 0 Å². The van der Waals surface area contributed by atoms with E-state index in [1.54, 1.807) is 38.1 Å². The first-order valence-electron chi connectivity index (χ1n) is 10.1. The van der Waals surface area contributed by atoms with Crippen LogP contribution in [0, 0.1) is 0 Å². The minimum Gasteiger partial charge on any atom is -0.443 e. The minimum atomic E-state index is -3.99. The molecule has 0 aromatic heterocycles. The lowest BCUT2D eigenvalue weighted by atomic mass is 10.0. The van der Waals surface area contributed by atoms with E-state index in [1.807, 2.05) is 6.07 Å². The number of aliphatic hydroxyl groups is 1. The number of amides is 2. The molecule has 4 N–H and O–H groups in total. The summed E-state index contributed by atoms with van der Waals surface area (Å²) in [6, 6.07) is 14.3. The Bertz CT molecular complexity index is 1010. The molecule has 0 heterocycles. The van der Waals surface area contributed by atoms with Crippen LogP contribution in [0.4, 0.5) is 10.5 Å². The zero-order chi connectivity index (χ0) is 23.9. The van der Waals surface area contributed by atoms with Gasteiger partial charge in [-0.1, -0.05) is 30.3 Å². The van der Waals surface area contributed by atoms with Gasteiger partial charge in [-0.25, -0.2) is 13.2 Å². The van der Waals surface area contributed by atoms with Crippen molar-refractivity contribution in [3.05, 3.63) is 60.2 Å². The number of hydrogen-bond donors (Lipinski definition) is 3. The van der Waals surface area contributed by atoms with E-state index in [4.69, 9.17) is 10.5 Å².